The van der Waals surface area contributed by atoms with Crippen molar-refractivity contribution in [1.82, 2.24) is 0 Å². The van der Waals surface area contributed by atoms with Gasteiger partial charge < -0.3 is 0 Å². The average Bonchev–Trinajstić information content (AvgIpc) is 2.16. The van der Waals surface area contributed by atoms with Crippen LogP contribution < -0.4 is 0 Å². The van der Waals surface area contributed by atoms with Crippen LogP contribution in [-0.2, 0) is 9.09 Å². The van der Waals surface area contributed by atoms with Crippen LogP contribution in [0.3, 0.4) is 0 Å². The van der Waals surface area contributed by atoms with Crippen LogP contribution in [0.1, 0.15) is 0 Å². The Bertz CT molecular complexity index is 335. The first-order chi connectivity index (χ1) is 7.14. The quantitative estimate of drug-likeness (QED) is 0.458. The molecular weight excluding hydrogens is 255 g/mol. The van der Waals surface area contributed by atoms with Crippen molar-refractivity contribution in [3.63, 3.8) is 0 Å². The normalized spacial score (nSPS) is 14.3. The first kappa shape index (κ1) is 15.5. The Balaban J connectivity index is 5.33. The number of rotatable bonds is 6. The van der Waals surface area contributed by atoms with Crippen LogP contribution in [0.2, 0.25) is 26.2 Å². The fraction of sp³-hybridized carbons (Fsp3) is 0.400. The molecule has 3 nitrogen and oxygen atoms in total. The van der Waals surface area contributed by atoms with Gasteiger partial charge in [-0.3, -0.25) is 0 Å². The monoisotopic (exact) mass is 275 g/mol. The molecule has 0 heterocycles. The molecule has 0 saturated carbocycles. The topological polar surface area (TPSA) is 46.5 Å². The molecule has 1 atom stereocenters. The van der Waals surface area contributed by atoms with Gasteiger partial charge in [0.25, 0.3) is 0 Å². The lowest BCUT2D eigenvalue weighted by molar-refractivity contribution is 0.367. The summed E-state index contributed by atoms with van der Waals surface area (Å²) in [7, 11) is -6.27. The number of hydrogen-bond donors (Lipinski definition) is 1. The van der Waals surface area contributed by atoms with E-state index in [2.05, 4.69) is 26.3 Å². The molecule has 0 amide bonds. The molecule has 90 valence electrons. The molecule has 6 heteroatoms. The highest BCUT2D eigenvalue weighted by molar-refractivity contribution is 7.32. The maximum Gasteiger partial charge on any atom is 0.746 e. The maximum absolute atomic E-state index is 10.8. The molecule has 1 unspecified atom stereocenters. The van der Waals surface area contributed by atoms with Gasteiger partial charge in [-0.2, -0.15) is 0 Å². The van der Waals surface area contributed by atoms with E-state index in [0.717, 1.165) is 0 Å². The fourth-order valence-corrected chi connectivity index (χ4v) is 6.06. The van der Waals surface area contributed by atoms with Crippen molar-refractivity contribution in [2.75, 3.05) is 0 Å². The summed E-state index contributed by atoms with van der Waals surface area (Å²) >= 11 is 0. The Kier molecular flexibility index (Phi) is 5.55. The fourth-order valence-electron chi connectivity index (χ4n) is 0.912. The summed E-state index contributed by atoms with van der Waals surface area (Å²) in [6.07, 6.45) is 0. The number of hydrogen-bond acceptors (Lipinski definition) is 2. The van der Waals surface area contributed by atoms with E-state index in [-0.39, 0.29) is 0 Å². The predicted molar refractivity (Wildman–Crippen MR) is 74.4 cm³/mol. The Labute approximate surface area is 101 Å². The molecule has 0 bridgehead atoms. The van der Waals surface area contributed by atoms with Crippen molar-refractivity contribution in [1.29, 1.82) is 0 Å². The van der Waals surface area contributed by atoms with E-state index in [4.69, 9.17) is 9.42 Å². The lowest BCUT2D eigenvalue weighted by Gasteiger charge is -2.20. The molecule has 0 spiro atoms. The summed E-state index contributed by atoms with van der Waals surface area (Å²) in [5.41, 5.74) is 5.73. The molecular formula is C10H20O3PSi2+. The second kappa shape index (κ2) is 5.73. The van der Waals surface area contributed by atoms with Gasteiger partial charge in [0, 0.05) is 4.57 Å². The molecule has 0 saturated heterocycles. The minimum atomic E-state index is -2.61. The molecule has 1 N–H and O–H groups in total. The highest BCUT2D eigenvalue weighted by Crippen LogP contribution is 2.29. The van der Waals surface area contributed by atoms with Gasteiger partial charge in [0.1, 0.15) is 5.38 Å². The second-order valence-corrected chi connectivity index (χ2v) is 14.1. The lowest BCUT2D eigenvalue weighted by Crippen LogP contribution is -2.31. The highest BCUT2D eigenvalue weighted by Gasteiger charge is 2.33. The van der Waals surface area contributed by atoms with Crippen LogP contribution >= 0.6 is 8.25 Å². The first-order valence-corrected chi connectivity index (χ1v) is 12.4. The first-order valence-electron chi connectivity index (χ1n) is 4.99. The Morgan fingerprint density at radius 3 is 2.06 bits per heavy atom. The Morgan fingerprint density at radius 1 is 1.25 bits per heavy atom. The van der Waals surface area contributed by atoms with Crippen LogP contribution in [0.15, 0.2) is 35.6 Å². The van der Waals surface area contributed by atoms with E-state index in [1.165, 1.54) is 0 Å². The standard InChI is InChI=1S/C10H19O3PSi2/c1-7-15(3,4)9-10(13-14(11)12)16(5,6)8-2/h7-9H,1-2H2,3-6H3/p+1. The van der Waals surface area contributed by atoms with Crippen LogP contribution in [0, 0.1) is 0 Å². The van der Waals surface area contributed by atoms with Crippen molar-refractivity contribution in [3.8, 4) is 0 Å². The maximum atomic E-state index is 10.8. The van der Waals surface area contributed by atoms with Gasteiger partial charge in [0.2, 0.25) is 0 Å². The van der Waals surface area contributed by atoms with Gasteiger partial charge in [0.15, 0.2) is 8.07 Å². The van der Waals surface area contributed by atoms with Gasteiger partial charge in [-0.25, -0.2) is 4.52 Å². The third-order valence-electron chi connectivity index (χ3n) is 2.35. The molecule has 0 aromatic heterocycles. The third kappa shape index (κ3) is 5.03. The molecule has 0 aliphatic carbocycles. The van der Waals surface area contributed by atoms with Gasteiger partial charge >= 0.3 is 8.25 Å². The van der Waals surface area contributed by atoms with E-state index >= 15 is 0 Å². The summed E-state index contributed by atoms with van der Waals surface area (Å²) in [6.45, 7) is 15.8. The van der Waals surface area contributed by atoms with Gasteiger partial charge in [-0.15, -0.1) is 18.1 Å². The minimum Gasteiger partial charge on any atom is -0.240 e. The Morgan fingerprint density at radius 2 is 1.75 bits per heavy atom. The summed E-state index contributed by atoms with van der Waals surface area (Å²) in [4.78, 5) is 8.87. The largest absolute Gasteiger partial charge is 0.746 e. The molecule has 0 radical (unpaired) electrons. The van der Waals surface area contributed by atoms with Crippen LogP contribution in [0.5, 0.6) is 0 Å². The predicted octanol–water partition coefficient (Wildman–Crippen LogP) is 3.48. The molecule has 0 aliphatic rings. The SMILES string of the molecule is C=C[Si](C)(C)C=C(O[P+](=O)O)[Si](C)(C)C=C. The van der Waals surface area contributed by atoms with E-state index in [9.17, 15) is 4.57 Å². The average molecular weight is 275 g/mol. The molecule has 0 aromatic rings. The van der Waals surface area contributed by atoms with Crippen molar-refractivity contribution in [3.05, 3.63) is 35.6 Å². The van der Waals surface area contributed by atoms with E-state index in [1.807, 2.05) is 30.2 Å². The highest BCUT2D eigenvalue weighted by atomic mass is 31.1. The van der Waals surface area contributed by atoms with Gasteiger partial charge in [-0.05, 0) is 0 Å². The van der Waals surface area contributed by atoms with Crippen molar-refractivity contribution in [2.24, 2.45) is 0 Å². The second-order valence-electron chi connectivity index (χ2n) is 4.79. The van der Waals surface area contributed by atoms with E-state index in [0.29, 0.717) is 5.38 Å². The van der Waals surface area contributed by atoms with E-state index in [1.54, 1.807) is 0 Å². The molecule has 0 aliphatic heterocycles. The zero-order valence-corrected chi connectivity index (χ0v) is 13.3. The smallest absolute Gasteiger partial charge is 0.240 e. The lowest BCUT2D eigenvalue weighted by atomic mass is 11.1. The van der Waals surface area contributed by atoms with Crippen LogP contribution in [0.4, 0.5) is 0 Å². The summed E-state index contributed by atoms with van der Waals surface area (Å²) in [5.74, 6) is 0. The summed E-state index contributed by atoms with van der Waals surface area (Å²) < 4.78 is 15.9. The summed E-state index contributed by atoms with van der Waals surface area (Å²) in [5, 5.41) is 0.627. The minimum absolute atomic E-state index is 0.627. The Hall–Kier alpha value is -0.486. The third-order valence-corrected chi connectivity index (χ3v) is 7.76. The van der Waals surface area contributed by atoms with Gasteiger partial charge in [-0.1, -0.05) is 43.3 Å². The molecule has 16 heavy (non-hydrogen) atoms. The zero-order chi connectivity index (χ0) is 13.0. The van der Waals surface area contributed by atoms with Gasteiger partial charge in [0.05, 0.1) is 8.07 Å². The molecule has 0 aromatic carbocycles. The zero-order valence-electron chi connectivity index (χ0n) is 10.4. The van der Waals surface area contributed by atoms with Crippen LogP contribution in [0.25, 0.3) is 0 Å². The van der Waals surface area contributed by atoms with Crippen molar-refractivity contribution < 1.29 is 14.0 Å². The van der Waals surface area contributed by atoms with Crippen molar-refractivity contribution in [2.45, 2.75) is 26.2 Å². The molecule has 0 rings (SSSR count). The molecule has 0 fully saturated rings. The summed E-state index contributed by atoms with van der Waals surface area (Å²) in [6, 6.07) is 0. The van der Waals surface area contributed by atoms with Crippen LogP contribution in [-0.4, -0.2) is 21.0 Å². The van der Waals surface area contributed by atoms with Crippen molar-refractivity contribution >= 4 is 24.4 Å². The van der Waals surface area contributed by atoms with E-state index < -0.39 is 24.4 Å².